The fourth-order valence-corrected chi connectivity index (χ4v) is 4.19. The first-order valence-corrected chi connectivity index (χ1v) is 10.2. The number of anilines is 1. The smallest absolute Gasteiger partial charge is 0.232 e. The predicted molar refractivity (Wildman–Crippen MR) is 94.0 cm³/mol. The van der Waals surface area contributed by atoms with Gasteiger partial charge in [-0.3, -0.25) is 9.62 Å². The third-order valence-electron chi connectivity index (χ3n) is 4.69. The molecular formula is C17H27N3O2S. The van der Waals surface area contributed by atoms with Crippen molar-refractivity contribution in [2.24, 2.45) is 5.92 Å². The minimum atomic E-state index is -3.22. The van der Waals surface area contributed by atoms with Gasteiger partial charge in [-0.1, -0.05) is 25.0 Å². The molecule has 128 valence electrons. The Labute approximate surface area is 139 Å². The monoisotopic (exact) mass is 337 g/mol. The summed E-state index contributed by atoms with van der Waals surface area (Å²) in [5.41, 5.74) is 1.85. The van der Waals surface area contributed by atoms with Gasteiger partial charge in [0.15, 0.2) is 0 Å². The van der Waals surface area contributed by atoms with E-state index in [0.29, 0.717) is 11.6 Å². The van der Waals surface area contributed by atoms with Crippen molar-refractivity contribution in [3.05, 3.63) is 29.8 Å². The van der Waals surface area contributed by atoms with Crippen LogP contribution in [0.25, 0.3) is 0 Å². The molecule has 3 rings (SSSR count). The van der Waals surface area contributed by atoms with Crippen LogP contribution in [-0.4, -0.2) is 57.2 Å². The van der Waals surface area contributed by atoms with Gasteiger partial charge in [0.2, 0.25) is 10.0 Å². The summed E-state index contributed by atoms with van der Waals surface area (Å²) in [4.78, 5) is 4.75. The van der Waals surface area contributed by atoms with Gasteiger partial charge in [-0.15, -0.1) is 0 Å². The fourth-order valence-electron chi connectivity index (χ4n) is 2.96. The van der Waals surface area contributed by atoms with Crippen LogP contribution in [0.15, 0.2) is 24.3 Å². The van der Waals surface area contributed by atoms with Gasteiger partial charge in [0.05, 0.1) is 5.75 Å². The molecule has 1 N–H and O–H groups in total. The number of likely N-dealkylation sites (N-methyl/N-ethyl adjacent to an activating group) is 1. The molecule has 1 aromatic carbocycles. The van der Waals surface area contributed by atoms with Crippen LogP contribution in [0.1, 0.15) is 24.8 Å². The van der Waals surface area contributed by atoms with Gasteiger partial charge in [-0.05, 0) is 37.1 Å². The maximum absolute atomic E-state index is 12.1. The molecule has 2 aliphatic rings. The molecule has 0 atom stereocenters. The molecule has 0 spiro atoms. The van der Waals surface area contributed by atoms with Crippen LogP contribution in [-0.2, 0) is 16.6 Å². The first-order valence-electron chi connectivity index (χ1n) is 8.50. The lowest BCUT2D eigenvalue weighted by Gasteiger charge is -2.32. The van der Waals surface area contributed by atoms with E-state index in [-0.39, 0.29) is 5.75 Å². The van der Waals surface area contributed by atoms with E-state index in [0.717, 1.165) is 44.7 Å². The second kappa shape index (κ2) is 7.20. The lowest BCUT2D eigenvalue weighted by Crippen LogP contribution is -2.43. The summed E-state index contributed by atoms with van der Waals surface area (Å²) < 4.78 is 27.0. The number of hydrogen-bond donors (Lipinski definition) is 1. The average molecular weight is 337 g/mol. The van der Waals surface area contributed by atoms with Crippen LogP contribution in [0.3, 0.4) is 0 Å². The van der Waals surface area contributed by atoms with Crippen LogP contribution >= 0.6 is 0 Å². The van der Waals surface area contributed by atoms with Crippen molar-refractivity contribution in [2.75, 3.05) is 43.7 Å². The number of hydrogen-bond acceptors (Lipinski definition) is 4. The van der Waals surface area contributed by atoms with Crippen molar-refractivity contribution < 1.29 is 8.42 Å². The van der Waals surface area contributed by atoms with Gasteiger partial charge in [0.1, 0.15) is 0 Å². The second-order valence-corrected chi connectivity index (χ2v) is 8.77. The molecule has 23 heavy (non-hydrogen) atoms. The fraction of sp³-hybridized carbons (Fsp3) is 0.647. The highest BCUT2D eigenvalue weighted by Crippen LogP contribution is 2.32. The Kier molecular flexibility index (Phi) is 5.24. The van der Waals surface area contributed by atoms with E-state index in [1.54, 1.807) is 0 Å². The van der Waals surface area contributed by atoms with Crippen molar-refractivity contribution in [1.82, 2.24) is 9.80 Å². The van der Waals surface area contributed by atoms with Crippen molar-refractivity contribution in [2.45, 2.75) is 25.8 Å². The number of rotatable bonds is 7. The molecule has 1 saturated carbocycles. The molecule has 2 fully saturated rings. The molecular weight excluding hydrogens is 310 g/mol. The van der Waals surface area contributed by atoms with Crippen molar-refractivity contribution in [3.8, 4) is 0 Å². The second-order valence-electron chi connectivity index (χ2n) is 6.93. The van der Waals surface area contributed by atoms with E-state index in [1.807, 2.05) is 18.2 Å². The molecule has 0 amide bonds. The highest BCUT2D eigenvalue weighted by Gasteiger charge is 2.24. The Balaban J connectivity index is 1.56. The zero-order valence-corrected chi connectivity index (χ0v) is 14.7. The van der Waals surface area contributed by atoms with Crippen LogP contribution in [0.2, 0.25) is 0 Å². The van der Waals surface area contributed by atoms with Crippen molar-refractivity contribution in [3.63, 3.8) is 0 Å². The first-order chi connectivity index (χ1) is 11.0. The van der Waals surface area contributed by atoms with E-state index in [1.165, 1.54) is 12.8 Å². The minimum Gasteiger partial charge on any atom is -0.304 e. The molecule has 1 aromatic rings. The highest BCUT2D eigenvalue weighted by atomic mass is 32.2. The van der Waals surface area contributed by atoms with Crippen molar-refractivity contribution in [1.29, 1.82) is 0 Å². The number of nitrogens with one attached hydrogen (secondary N) is 1. The number of benzene rings is 1. The van der Waals surface area contributed by atoms with Gasteiger partial charge < -0.3 is 4.90 Å². The Morgan fingerprint density at radius 2 is 1.91 bits per heavy atom. The summed E-state index contributed by atoms with van der Waals surface area (Å²) in [5.74, 6) is 0.871. The van der Waals surface area contributed by atoms with Gasteiger partial charge in [0, 0.05) is 38.4 Å². The normalized spacial score (nSPS) is 20.6. The van der Waals surface area contributed by atoms with E-state index >= 15 is 0 Å². The zero-order chi connectivity index (χ0) is 16.3. The molecule has 0 unspecified atom stereocenters. The third kappa shape index (κ3) is 5.48. The van der Waals surface area contributed by atoms with E-state index in [2.05, 4.69) is 27.6 Å². The van der Waals surface area contributed by atoms with E-state index < -0.39 is 10.0 Å². The topological polar surface area (TPSA) is 52.6 Å². The predicted octanol–water partition coefficient (Wildman–Crippen LogP) is 1.98. The Hall–Kier alpha value is -1.11. The van der Waals surface area contributed by atoms with Crippen LogP contribution < -0.4 is 4.72 Å². The highest BCUT2D eigenvalue weighted by molar-refractivity contribution is 7.92. The molecule has 1 aliphatic heterocycles. The largest absolute Gasteiger partial charge is 0.304 e. The maximum Gasteiger partial charge on any atom is 0.232 e. The standard InChI is InChI=1S/C17H27N3O2S/c1-19-8-10-20(11-9-19)14-16-3-2-4-17(13-16)18-23(21,22)12-7-15-5-6-15/h2-4,13,15,18H,5-12,14H2,1H3. The zero-order valence-electron chi connectivity index (χ0n) is 13.9. The molecule has 1 aliphatic carbocycles. The van der Waals surface area contributed by atoms with Crippen LogP contribution in [0, 0.1) is 5.92 Å². The van der Waals surface area contributed by atoms with Gasteiger partial charge in [-0.25, -0.2) is 8.42 Å². The molecule has 5 nitrogen and oxygen atoms in total. The van der Waals surface area contributed by atoms with Gasteiger partial charge in [-0.2, -0.15) is 0 Å². The third-order valence-corrected chi connectivity index (χ3v) is 6.01. The molecule has 0 aromatic heterocycles. The minimum absolute atomic E-state index is 0.236. The summed E-state index contributed by atoms with van der Waals surface area (Å²) in [5, 5.41) is 0. The molecule has 0 bridgehead atoms. The van der Waals surface area contributed by atoms with Crippen LogP contribution in [0.5, 0.6) is 0 Å². The summed E-state index contributed by atoms with van der Waals surface area (Å²) >= 11 is 0. The Morgan fingerprint density at radius 3 is 2.61 bits per heavy atom. The summed E-state index contributed by atoms with van der Waals surface area (Å²) in [6.45, 7) is 5.19. The quantitative estimate of drug-likeness (QED) is 0.826. The maximum atomic E-state index is 12.1. The first kappa shape index (κ1) is 16.7. The SMILES string of the molecule is CN1CCN(Cc2cccc(NS(=O)(=O)CCC3CC3)c2)CC1. The van der Waals surface area contributed by atoms with Crippen molar-refractivity contribution >= 4 is 15.7 Å². The number of nitrogens with zero attached hydrogens (tertiary/aromatic N) is 2. The summed E-state index contributed by atoms with van der Waals surface area (Å²) in [6.07, 6.45) is 3.17. The number of sulfonamides is 1. The molecule has 6 heteroatoms. The molecule has 1 heterocycles. The lowest BCUT2D eigenvalue weighted by molar-refractivity contribution is 0.148. The average Bonchev–Trinajstić information content (AvgIpc) is 3.32. The van der Waals surface area contributed by atoms with Gasteiger partial charge >= 0.3 is 0 Å². The Bertz CT molecular complexity index is 620. The molecule has 1 saturated heterocycles. The Morgan fingerprint density at radius 1 is 1.17 bits per heavy atom. The van der Waals surface area contributed by atoms with E-state index in [9.17, 15) is 8.42 Å². The number of piperazine rings is 1. The van der Waals surface area contributed by atoms with Crippen LogP contribution in [0.4, 0.5) is 5.69 Å². The summed E-state index contributed by atoms with van der Waals surface area (Å²) in [6, 6.07) is 7.81. The van der Waals surface area contributed by atoms with Gasteiger partial charge in [0.25, 0.3) is 0 Å². The molecule has 0 radical (unpaired) electrons. The lowest BCUT2D eigenvalue weighted by atomic mass is 10.2. The summed E-state index contributed by atoms with van der Waals surface area (Å²) in [7, 11) is -1.07. The van der Waals surface area contributed by atoms with E-state index in [4.69, 9.17) is 0 Å².